The molecule has 0 amide bonds. The number of imidazole rings is 1. The van der Waals surface area contributed by atoms with Crippen molar-refractivity contribution < 1.29 is 20.1 Å². The van der Waals surface area contributed by atoms with Gasteiger partial charge in [0.2, 0.25) is 0 Å². The third-order valence-electron chi connectivity index (χ3n) is 4.80. The van der Waals surface area contributed by atoms with Crippen LogP contribution in [0, 0.1) is 19.9 Å². The quantitative estimate of drug-likeness (QED) is 0.207. The minimum Gasteiger partial charge on any atom is -0.340 e. The molecule has 2 nitrogen and oxygen atoms in total. The van der Waals surface area contributed by atoms with E-state index in [0.29, 0.717) is 0 Å². The van der Waals surface area contributed by atoms with Gasteiger partial charge in [0, 0.05) is 37.5 Å². The Kier molecular flexibility index (Phi) is 4.14. The van der Waals surface area contributed by atoms with Gasteiger partial charge in [-0.05, 0) is 25.3 Å². The van der Waals surface area contributed by atoms with Crippen molar-refractivity contribution in [1.29, 1.82) is 0 Å². The number of hydrogen-bond donors (Lipinski definition) is 0. The number of aryl methyl sites for hydroxylation is 2. The summed E-state index contributed by atoms with van der Waals surface area (Å²) in [6, 6.07) is 24.9. The summed E-state index contributed by atoms with van der Waals surface area (Å²) in [5.41, 5.74) is 6.84. The van der Waals surface area contributed by atoms with Crippen molar-refractivity contribution in [1.82, 2.24) is 9.38 Å². The van der Waals surface area contributed by atoms with Gasteiger partial charge in [0.05, 0.1) is 5.65 Å². The van der Waals surface area contributed by atoms with Gasteiger partial charge in [0.25, 0.3) is 0 Å². The summed E-state index contributed by atoms with van der Waals surface area (Å²) in [4.78, 5) is 4.75. The Morgan fingerprint density at radius 1 is 0.885 bits per heavy atom. The van der Waals surface area contributed by atoms with Gasteiger partial charge < -0.3 is 4.40 Å². The monoisotopic (exact) mass is 514 g/mol. The SMILES string of the molecule is Cc1ccc2c(c1)c1cc(-c3ccccc3)c[c-]c1c1nc(C)cn21.[Ir]. The number of hydrogen-bond acceptors (Lipinski definition) is 1. The third-order valence-corrected chi connectivity index (χ3v) is 4.80. The average molecular weight is 514 g/mol. The second-order valence-electron chi connectivity index (χ2n) is 6.64. The van der Waals surface area contributed by atoms with E-state index in [1.807, 2.05) is 13.0 Å². The van der Waals surface area contributed by atoms with Gasteiger partial charge in [0.1, 0.15) is 0 Å². The van der Waals surface area contributed by atoms with Gasteiger partial charge in [-0.2, -0.15) is 0 Å². The third kappa shape index (κ3) is 2.56. The van der Waals surface area contributed by atoms with Crippen LogP contribution in [0.3, 0.4) is 0 Å². The van der Waals surface area contributed by atoms with Crippen LogP contribution in [0.5, 0.6) is 0 Å². The largest absolute Gasteiger partial charge is 0.340 e. The van der Waals surface area contributed by atoms with Crippen LogP contribution in [0.4, 0.5) is 0 Å². The minimum atomic E-state index is 0. The first kappa shape index (κ1) is 17.0. The Bertz CT molecular complexity index is 1250. The van der Waals surface area contributed by atoms with Crippen molar-refractivity contribution >= 4 is 27.3 Å². The zero-order valence-electron chi connectivity index (χ0n) is 14.6. The molecule has 0 unspecified atom stereocenters. The molecule has 0 aliphatic rings. The maximum absolute atomic E-state index is 4.75. The fourth-order valence-electron chi connectivity index (χ4n) is 3.63. The van der Waals surface area contributed by atoms with Crippen LogP contribution in [-0.4, -0.2) is 9.38 Å². The van der Waals surface area contributed by atoms with Crippen LogP contribution in [0.2, 0.25) is 0 Å². The van der Waals surface area contributed by atoms with E-state index in [1.54, 1.807) is 0 Å². The summed E-state index contributed by atoms with van der Waals surface area (Å²) in [7, 11) is 0. The minimum absolute atomic E-state index is 0. The molecule has 0 bridgehead atoms. The van der Waals surface area contributed by atoms with Crippen molar-refractivity contribution in [2.45, 2.75) is 13.8 Å². The van der Waals surface area contributed by atoms with Crippen LogP contribution in [-0.2, 0) is 20.1 Å². The molecule has 2 heterocycles. The molecule has 0 spiro atoms. The summed E-state index contributed by atoms with van der Waals surface area (Å²) in [5, 5.41) is 3.53. The van der Waals surface area contributed by atoms with E-state index in [9.17, 15) is 0 Å². The van der Waals surface area contributed by atoms with Crippen LogP contribution in [0.1, 0.15) is 11.3 Å². The van der Waals surface area contributed by atoms with Crippen molar-refractivity contribution in [2.24, 2.45) is 0 Å². The summed E-state index contributed by atoms with van der Waals surface area (Å²) in [5.74, 6) is 0. The molecule has 0 aliphatic heterocycles. The van der Waals surface area contributed by atoms with Gasteiger partial charge in [0.15, 0.2) is 0 Å². The predicted octanol–water partition coefficient (Wildman–Crippen LogP) is 5.72. The van der Waals surface area contributed by atoms with E-state index in [2.05, 4.69) is 78.2 Å². The van der Waals surface area contributed by atoms with Crippen molar-refractivity contribution in [3.63, 3.8) is 0 Å². The summed E-state index contributed by atoms with van der Waals surface area (Å²) in [6.07, 6.45) is 2.10. The van der Waals surface area contributed by atoms with Gasteiger partial charge in [-0.25, -0.2) is 0 Å². The number of benzene rings is 3. The normalized spacial score (nSPS) is 11.2. The van der Waals surface area contributed by atoms with Gasteiger partial charge in [-0.15, -0.1) is 23.6 Å². The standard InChI is InChI=1S/C23H17N2.Ir/c1-15-8-11-22-21(12-15)20-13-18(17-6-4-3-5-7-17)9-10-19(20)23-24-16(2)14-25(22)23;/h3-9,11-14H,1-2H3;/q-1;. The topological polar surface area (TPSA) is 17.3 Å². The Balaban J connectivity index is 0.00000168. The molecule has 5 rings (SSSR count). The molecular formula is C23H17IrN2-. The van der Waals surface area contributed by atoms with Crippen LogP contribution in [0.25, 0.3) is 38.4 Å². The molecule has 0 atom stereocenters. The molecular weight excluding hydrogens is 496 g/mol. The van der Waals surface area contributed by atoms with E-state index in [4.69, 9.17) is 4.98 Å². The van der Waals surface area contributed by atoms with Gasteiger partial charge >= 0.3 is 0 Å². The van der Waals surface area contributed by atoms with Crippen molar-refractivity contribution in [3.8, 4) is 11.1 Å². The fourth-order valence-corrected chi connectivity index (χ4v) is 3.63. The second kappa shape index (κ2) is 6.35. The van der Waals surface area contributed by atoms with Crippen LogP contribution < -0.4 is 0 Å². The number of fused-ring (bicyclic) bond motifs is 6. The van der Waals surface area contributed by atoms with Crippen LogP contribution >= 0.6 is 0 Å². The van der Waals surface area contributed by atoms with E-state index in [1.165, 1.54) is 33.0 Å². The van der Waals surface area contributed by atoms with E-state index < -0.39 is 0 Å². The average Bonchev–Trinajstić information content (AvgIpc) is 3.04. The maximum atomic E-state index is 4.75. The molecule has 0 saturated heterocycles. The molecule has 0 aliphatic carbocycles. The summed E-state index contributed by atoms with van der Waals surface area (Å²) >= 11 is 0. The van der Waals surface area contributed by atoms with E-state index >= 15 is 0 Å². The smallest absolute Gasteiger partial charge is 0.0611 e. The number of pyridine rings is 1. The molecule has 0 fully saturated rings. The Morgan fingerprint density at radius 2 is 1.69 bits per heavy atom. The molecule has 2 aromatic heterocycles. The molecule has 3 heteroatoms. The summed E-state index contributed by atoms with van der Waals surface area (Å²) in [6.45, 7) is 4.18. The Morgan fingerprint density at radius 3 is 2.50 bits per heavy atom. The molecule has 0 N–H and O–H groups in total. The maximum Gasteiger partial charge on any atom is 0.0611 e. The zero-order chi connectivity index (χ0) is 17.0. The molecule has 0 saturated carbocycles. The van der Waals surface area contributed by atoms with Gasteiger partial charge in [-0.1, -0.05) is 64.5 Å². The Labute approximate surface area is 165 Å². The molecule has 26 heavy (non-hydrogen) atoms. The number of rotatable bonds is 1. The van der Waals surface area contributed by atoms with Crippen molar-refractivity contribution in [3.05, 3.63) is 84.2 Å². The molecule has 3 aromatic carbocycles. The Hall–Kier alpha value is -2.48. The van der Waals surface area contributed by atoms with Gasteiger partial charge in [-0.3, -0.25) is 4.98 Å². The second-order valence-corrected chi connectivity index (χ2v) is 6.64. The molecule has 5 aromatic rings. The van der Waals surface area contributed by atoms with E-state index in [-0.39, 0.29) is 20.1 Å². The van der Waals surface area contributed by atoms with E-state index in [0.717, 1.165) is 16.7 Å². The van der Waals surface area contributed by atoms with Crippen LogP contribution in [0.15, 0.2) is 66.9 Å². The number of aromatic nitrogens is 2. The molecule has 1 radical (unpaired) electrons. The first-order valence-corrected chi connectivity index (χ1v) is 8.49. The zero-order valence-corrected chi connectivity index (χ0v) is 17.0. The predicted molar refractivity (Wildman–Crippen MR) is 104 cm³/mol. The molecule has 129 valence electrons. The first-order valence-electron chi connectivity index (χ1n) is 8.49. The fraction of sp³-hybridized carbons (Fsp3) is 0.0870. The first-order chi connectivity index (χ1) is 12.2. The number of nitrogens with zero attached hydrogens (tertiary/aromatic N) is 2. The summed E-state index contributed by atoms with van der Waals surface area (Å²) < 4.78 is 2.19. The van der Waals surface area contributed by atoms with Crippen molar-refractivity contribution in [2.75, 3.05) is 0 Å².